The molecular weight excluding hydrogens is 212 g/mol. The van der Waals surface area contributed by atoms with Crippen LogP contribution in [0.1, 0.15) is 0 Å². The van der Waals surface area contributed by atoms with Gasteiger partial charge in [-0.3, -0.25) is 0 Å². The van der Waals surface area contributed by atoms with Crippen molar-refractivity contribution in [3.8, 4) is 28.6 Å². The van der Waals surface area contributed by atoms with E-state index in [0.717, 1.165) is 0 Å². The van der Waals surface area contributed by atoms with E-state index in [1.54, 1.807) is 6.07 Å². The van der Waals surface area contributed by atoms with Crippen molar-refractivity contribution in [1.29, 1.82) is 0 Å². The number of nitrogen functional groups attached to an aromatic ring is 1. The lowest BCUT2D eigenvalue weighted by Crippen LogP contribution is -1.93. The first kappa shape index (κ1) is 8.90. The molecule has 16 heavy (non-hydrogen) atoms. The van der Waals surface area contributed by atoms with E-state index in [2.05, 4.69) is 5.16 Å². The van der Waals surface area contributed by atoms with Gasteiger partial charge in [-0.1, -0.05) is 5.16 Å². The van der Waals surface area contributed by atoms with E-state index in [0.29, 0.717) is 22.8 Å². The van der Waals surface area contributed by atoms with Crippen molar-refractivity contribution in [3.63, 3.8) is 0 Å². The summed E-state index contributed by atoms with van der Waals surface area (Å²) < 4.78 is 15.4. The van der Waals surface area contributed by atoms with Gasteiger partial charge in [0.15, 0.2) is 23.1 Å². The van der Waals surface area contributed by atoms with E-state index >= 15 is 0 Å². The summed E-state index contributed by atoms with van der Waals surface area (Å²) in [6, 6.07) is 4.64. The van der Waals surface area contributed by atoms with Crippen LogP contribution in [-0.4, -0.2) is 17.1 Å². The maximum atomic E-state index is 9.77. The van der Waals surface area contributed by atoms with Crippen molar-refractivity contribution in [3.05, 3.63) is 18.2 Å². The maximum absolute atomic E-state index is 9.77. The first-order valence-corrected chi connectivity index (χ1v) is 4.60. The molecule has 0 aliphatic carbocycles. The third kappa shape index (κ3) is 1.16. The number of ether oxygens (including phenoxy) is 2. The van der Waals surface area contributed by atoms with Crippen LogP contribution in [0.15, 0.2) is 22.7 Å². The zero-order valence-electron chi connectivity index (χ0n) is 8.14. The van der Waals surface area contributed by atoms with Crippen LogP contribution in [0, 0.1) is 0 Å². The molecule has 0 spiro atoms. The van der Waals surface area contributed by atoms with Gasteiger partial charge in [0.2, 0.25) is 6.79 Å². The average molecular weight is 220 g/mol. The first-order valence-electron chi connectivity index (χ1n) is 4.60. The molecule has 0 saturated heterocycles. The van der Waals surface area contributed by atoms with Gasteiger partial charge in [0.05, 0.1) is 0 Å². The zero-order chi connectivity index (χ0) is 11.1. The summed E-state index contributed by atoms with van der Waals surface area (Å²) in [6.07, 6.45) is 0. The number of benzene rings is 1. The van der Waals surface area contributed by atoms with Crippen molar-refractivity contribution >= 4 is 5.82 Å². The van der Waals surface area contributed by atoms with Crippen molar-refractivity contribution in [2.24, 2.45) is 0 Å². The Kier molecular flexibility index (Phi) is 1.70. The number of phenolic OH excluding ortho intramolecular Hbond substituents is 1. The monoisotopic (exact) mass is 220 g/mol. The van der Waals surface area contributed by atoms with Gasteiger partial charge < -0.3 is 24.8 Å². The average Bonchev–Trinajstić information content (AvgIpc) is 2.86. The number of hydrogen-bond acceptors (Lipinski definition) is 6. The molecule has 1 aromatic heterocycles. The predicted octanol–water partition coefficient (Wildman–Crippen LogP) is 1.36. The van der Waals surface area contributed by atoms with Gasteiger partial charge in [0, 0.05) is 6.07 Å². The molecule has 1 aliphatic rings. The SMILES string of the molecule is Nc1cc(-c2c(O)ccc3c2OCO3)on1. The summed E-state index contributed by atoms with van der Waals surface area (Å²) in [4.78, 5) is 0. The number of nitrogens with zero attached hydrogens (tertiary/aromatic N) is 1. The highest BCUT2D eigenvalue weighted by atomic mass is 16.7. The summed E-state index contributed by atoms with van der Waals surface area (Å²) in [7, 11) is 0. The summed E-state index contributed by atoms with van der Waals surface area (Å²) in [5, 5.41) is 13.3. The maximum Gasteiger partial charge on any atom is 0.231 e. The Labute approximate surface area is 90.2 Å². The van der Waals surface area contributed by atoms with Gasteiger partial charge in [0.25, 0.3) is 0 Å². The van der Waals surface area contributed by atoms with Gasteiger partial charge in [-0.05, 0) is 12.1 Å². The lowest BCUT2D eigenvalue weighted by molar-refractivity contribution is 0.174. The van der Waals surface area contributed by atoms with Gasteiger partial charge in [0.1, 0.15) is 11.3 Å². The van der Waals surface area contributed by atoms with Crippen molar-refractivity contribution < 1.29 is 19.1 Å². The normalized spacial score (nSPS) is 13.0. The van der Waals surface area contributed by atoms with Crippen LogP contribution in [0.5, 0.6) is 17.2 Å². The van der Waals surface area contributed by atoms with Crippen LogP contribution in [0.25, 0.3) is 11.3 Å². The molecule has 1 aromatic carbocycles. The van der Waals surface area contributed by atoms with Gasteiger partial charge in [-0.15, -0.1) is 0 Å². The van der Waals surface area contributed by atoms with Crippen LogP contribution in [0.4, 0.5) is 5.82 Å². The topological polar surface area (TPSA) is 90.7 Å². The van der Waals surface area contributed by atoms with Gasteiger partial charge in [-0.25, -0.2) is 0 Å². The van der Waals surface area contributed by atoms with Crippen molar-refractivity contribution in [2.45, 2.75) is 0 Å². The number of hydrogen-bond donors (Lipinski definition) is 2. The summed E-state index contributed by atoms with van der Waals surface area (Å²) in [5.41, 5.74) is 5.85. The number of rotatable bonds is 1. The summed E-state index contributed by atoms with van der Waals surface area (Å²) in [5.74, 6) is 1.61. The van der Waals surface area contributed by atoms with E-state index < -0.39 is 0 Å². The number of fused-ring (bicyclic) bond motifs is 1. The van der Waals surface area contributed by atoms with Crippen LogP contribution in [-0.2, 0) is 0 Å². The fourth-order valence-corrected chi connectivity index (χ4v) is 1.61. The Balaban J connectivity index is 2.23. The molecule has 2 aromatic rings. The zero-order valence-corrected chi connectivity index (χ0v) is 8.14. The highest BCUT2D eigenvalue weighted by Crippen LogP contribution is 2.46. The lowest BCUT2D eigenvalue weighted by Gasteiger charge is -2.04. The quantitative estimate of drug-likeness (QED) is 0.753. The third-order valence-corrected chi connectivity index (χ3v) is 2.29. The molecule has 0 unspecified atom stereocenters. The second kappa shape index (κ2) is 3.06. The minimum absolute atomic E-state index is 0.0281. The Morgan fingerprint density at radius 2 is 2.19 bits per heavy atom. The minimum atomic E-state index is 0.0281. The Hall–Kier alpha value is -2.37. The fraction of sp³-hybridized carbons (Fsp3) is 0.100. The number of aromatic hydroxyl groups is 1. The summed E-state index contributed by atoms with van der Waals surface area (Å²) >= 11 is 0. The molecular formula is C10H8N2O4. The second-order valence-corrected chi connectivity index (χ2v) is 3.31. The molecule has 0 saturated carbocycles. The number of aromatic nitrogens is 1. The Morgan fingerprint density at radius 1 is 1.31 bits per heavy atom. The minimum Gasteiger partial charge on any atom is -0.507 e. The fourth-order valence-electron chi connectivity index (χ4n) is 1.61. The van der Waals surface area contributed by atoms with Gasteiger partial charge in [-0.2, -0.15) is 0 Å². The molecule has 6 nitrogen and oxygen atoms in total. The summed E-state index contributed by atoms with van der Waals surface area (Å²) in [6.45, 7) is 0.120. The Morgan fingerprint density at radius 3 is 2.94 bits per heavy atom. The molecule has 0 fully saturated rings. The molecule has 82 valence electrons. The van der Waals surface area contributed by atoms with Crippen LogP contribution >= 0.6 is 0 Å². The molecule has 0 radical (unpaired) electrons. The van der Waals surface area contributed by atoms with Crippen LogP contribution in [0.3, 0.4) is 0 Å². The van der Waals surface area contributed by atoms with Crippen LogP contribution < -0.4 is 15.2 Å². The standard InChI is InChI=1S/C10H8N2O4/c11-8-3-7(16-12-8)9-5(13)1-2-6-10(9)15-4-14-6/h1-3,13H,4H2,(H2,11,12). The smallest absolute Gasteiger partial charge is 0.231 e. The van der Waals surface area contributed by atoms with E-state index in [9.17, 15) is 5.11 Å². The molecule has 1 aliphatic heterocycles. The Bertz CT molecular complexity index is 550. The molecule has 2 heterocycles. The van der Waals surface area contributed by atoms with Gasteiger partial charge >= 0.3 is 0 Å². The van der Waals surface area contributed by atoms with E-state index in [1.165, 1.54) is 12.1 Å². The molecule has 0 amide bonds. The molecule has 3 rings (SSSR count). The first-order chi connectivity index (χ1) is 7.75. The third-order valence-electron chi connectivity index (χ3n) is 2.29. The second-order valence-electron chi connectivity index (χ2n) is 3.31. The van der Waals surface area contributed by atoms with Crippen molar-refractivity contribution in [2.75, 3.05) is 12.5 Å². The highest BCUT2D eigenvalue weighted by molar-refractivity contribution is 5.77. The number of anilines is 1. The largest absolute Gasteiger partial charge is 0.507 e. The molecule has 0 atom stereocenters. The van der Waals surface area contributed by atoms with E-state index in [4.69, 9.17) is 19.7 Å². The van der Waals surface area contributed by atoms with Crippen molar-refractivity contribution in [1.82, 2.24) is 5.16 Å². The lowest BCUT2D eigenvalue weighted by atomic mass is 10.1. The predicted molar refractivity (Wildman–Crippen MR) is 54.1 cm³/mol. The molecule has 0 bridgehead atoms. The molecule has 6 heteroatoms. The van der Waals surface area contributed by atoms with E-state index in [-0.39, 0.29) is 18.4 Å². The van der Waals surface area contributed by atoms with E-state index in [1.807, 2.05) is 0 Å². The number of nitrogens with two attached hydrogens (primary N) is 1. The van der Waals surface area contributed by atoms with Crippen LogP contribution in [0.2, 0.25) is 0 Å². The number of phenols is 1. The molecule has 3 N–H and O–H groups in total. The highest BCUT2D eigenvalue weighted by Gasteiger charge is 2.24.